The van der Waals surface area contributed by atoms with Crippen molar-refractivity contribution in [2.24, 2.45) is 11.3 Å². The normalized spacial score (nSPS) is 29.0. The fourth-order valence-corrected chi connectivity index (χ4v) is 3.90. The molecule has 0 radical (unpaired) electrons. The molecule has 21 heavy (non-hydrogen) atoms. The van der Waals surface area contributed by atoms with Gasteiger partial charge >= 0.3 is 0 Å². The number of ether oxygens (including phenoxy) is 1. The van der Waals surface area contributed by atoms with Gasteiger partial charge in [-0.1, -0.05) is 43.7 Å². The van der Waals surface area contributed by atoms with Gasteiger partial charge in [-0.3, -0.25) is 0 Å². The van der Waals surface area contributed by atoms with Crippen molar-refractivity contribution in [3.05, 3.63) is 35.9 Å². The lowest BCUT2D eigenvalue weighted by Crippen LogP contribution is -2.55. The Morgan fingerprint density at radius 3 is 2.62 bits per heavy atom. The summed E-state index contributed by atoms with van der Waals surface area (Å²) in [6, 6.07) is 11.0. The Bertz CT molecular complexity index is 438. The predicted molar refractivity (Wildman–Crippen MR) is 84.4 cm³/mol. The van der Waals surface area contributed by atoms with Crippen molar-refractivity contribution >= 4 is 0 Å². The third-order valence-electron chi connectivity index (χ3n) is 5.28. The van der Waals surface area contributed by atoms with E-state index in [-0.39, 0.29) is 12.0 Å². The smallest absolute Gasteiger partial charge is 0.0579 e. The SMILES string of the molecule is CCC1CN(CC2(CO)COC2)CCC1c1ccccc1. The van der Waals surface area contributed by atoms with Gasteiger partial charge in [0.25, 0.3) is 0 Å². The molecule has 116 valence electrons. The number of piperidine rings is 1. The molecule has 3 rings (SSSR count). The maximum atomic E-state index is 9.61. The Balaban J connectivity index is 1.64. The van der Waals surface area contributed by atoms with Crippen molar-refractivity contribution in [3.8, 4) is 0 Å². The van der Waals surface area contributed by atoms with E-state index in [0.717, 1.165) is 38.8 Å². The minimum atomic E-state index is 0.0118. The molecule has 1 aromatic rings. The van der Waals surface area contributed by atoms with Crippen LogP contribution in [0.5, 0.6) is 0 Å². The van der Waals surface area contributed by atoms with E-state index >= 15 is 0 Å². The van der Waals surface area contributed by atoms with Gasteiger partial charge in [0.2, 0.25) is 0 Å². The van der Waals surface area contributed by atoms with Gasteiger partial charge in [0.1, 0.15) is 0 Å². The maximum absolute atomic E-state index is 9.61. The largest absolute Gasteiger partial charge is 0.396 e. The van der Waals surface area contributed by atoms with Crippen molar-refractivity contribution < 1.29 is 9.84 Å². The number of hydrogen-bond acceptors (Lipinski definition) is 3. The molecule has 2 heterocycles. The zero-order chi connectivity index (χ0) is 14.7. The Labute approximate surface area is 127 Å². The standard InChI is InChI=1S/C18H27NO2/c1-2-15-10-19(11-18(12-20)13-21-14-18)9-8-17(15)16-6-4-3-5-7-16/h3-7,15,17,20H,2,8-14H2,1H3. The van der Waals surface area contributed by atoms with Crippen LogP contribution in [-0.4, -0.2) is 49.5 Å². The van der Waals surface area contributed by atoms with Crippen LogP contribution >= 0.6 is 0 Å². The van der Waals surface area contributed by atoms with Crippen LogP contribution in [0.25, 0.3) is 0 Å². The summed E-state index contributed by atoms with van der Waals surface area (Å²) in [5.74, 6) is 1.41. The molecule has 0 aliphatic carbocycles. The zero-order valence-electron chi connectivity index (χ0n) is 13.0. The van der Waals surface area contributed by atoms with Gasteiger partial charge in [-0.2, -0.15) is 0 Å². The summed E-state index contributed by atoms with van der Waals surface area (Å²) in [5, 5.41) is 9.61. The number of hydrogen-bond donors (Lipinski definition) is 1. The molecule has 1 aromatic carbocycles. The van der Waals surface area contributed by atoms with Crippen molar-refractivity contribution in [2.75, 3.05) is 39.5 Å². The second-order valence-corrected chi connectivity index (χ2v) is 6.86. The highest BCUT2D eigenvalue weighted by Crippen LogP contribution is 2.37. The monoisotopic (exact) mass is 289 g/mol. The highest BCUT2D eigenvalue weighted by atomic mass is 16.5. The summed E-state index contributed by atoms with van der Waals surface area (Å²) >= 11 is 0. The molecule has 0 aromatic heterocycles. The van der Waals surface area contributed by atoms with Crippen molar-refractivity contribution in [1.82, 2.24) is 4.90 Å². The molecule has 2 atom stereocenters. The Kier molecular flexibility index (Phi) is 4.63. The van der Waals surface area contributed by atoms with Crippen LogP contribution in [0.3, 0.4) is 0 Å². The summed E-state index contributed by atoms with van der Waals surface area (Å²) in [6.07, 6.45) is 2.45. The van der Waals surface area contributed by atoms with Gasteiger partial charge in [0.15, 0.2) is 0 Å². The molecule has 0 saturated carbocycles. The van der Waals surface area contributed by atoms with Crippen LogP contribution in [0.15, 0.2) is 30.3 Å². The topological polar surface area (TPSA) is 32.7 Å². The average molecular weight is 289 g/mol. The van der Waals surface area contributed by atoms with Crippen LogP contribution in [0.1, 0.15) is 31.2 Å². The molecular weight excluding hydrogens is 262 g/mol. The second kappa shape index (κ2) is 6.47. The van der Waals surface area contributed by atoms with Crippen molar-refractivity contribution in [2.45, 2.75) is 25.7 Å². The van der Waals surface area contributed by atoms with E-state index in [1.54, 1.807) is 0 Å². The molecule has 1 N–H and O–H groups in total. The van der Waals surface area contributed by atoms with Crippen molar-refractivity contribution in [1.29, 1.82) is 0 Å². The lowest BCUT2D eigenvalue weighted by Gasteiger charge is -2.46. The number of rotatable bonds is 5. The van der Waals surface area contributed by atoms with E-state index in [1.807, 2.05) is 0 Å². The number of aliphatic hydroxyl groups excluding tert-OH is 1. The molecule has 3 heteroatoms. The quantitative estimate of drug-likeness (QED) is 0.904. The summed E-state index contributed by atoms with van der Waals surface area (Å²) in [6.45, 7) is 7.27. The average Bonchev–Trinajstić information content (AvgIpc) is 2.51. The summed E-state index contributed by atoms with van der Waals surface area (Å²) in [7, 11) is 0. The van der Waals surface area contributed by atoms with E-state index in [2.05, 4.69) is 42.2 Å². The van der Waals surface area contributed by atoms with E-state index in [4.69, 9.17) is 4.74 Å². The van der Waals surface area contributed by atoms with E-state index in [0.29, 0.717) is 5.92 Å². The fourth-order valence-electron chi connectivity index (χ4n) is 3.90. The van der Waals surface area contributed by atoms with Crippen LogP contribution in [0, 0.1) is 11.3 Å². The van der Waals surface area contributed by atoms with Gasteiger partial charge in [0.05, 0.1) is 25.2 Å². The third kappa shape index (κ3) is 3.15. The first kappa shape index (κ1) is 15.0. The molecule has 0 amide bonds. The minimum absolute atomic E-state index is 0.0118. The van der Waals surface area contributed by atoms with E-state index in [1.165, 1.54) is 18.4 Å². The van der Waals surface area contributed by atoms with Gasteiger partial charge in [-0.15, -0.1) is 0 Å². The van der Waals surface area contributed by atoms with Gasteiger partial charge < -0.3 is 14.7 Å². The van der Waals surface area contributed by atoms with Crippen molar-refractivity contribution in [3.63, 3.8) is 0 Å². The van der Waals surface area contributed by atoms with E-state index in [9.17, 15) is 5.11 Å². The van der Waals surface area contributed by atoms with Gasteiger partial charge in [-0.25, -0.2) is 0 Å². The Morgan fingerprint density at radius 1 is 1.29 bits per heavy atom. The Hall–Kier alpha value is -0.900. The number of nitrogens with zero attached hydrogens (tertiary/aromatic N) is 1. The first-order valence-corrected chi connectivity index (χ1v) is 8.22. The third-order valence-corrected chi connectivity index (χ3v) is 5.28. The summed E-state index contributed by atoms with van der Waals surface area (Å²) in [5.41, 5.74) is 1.51. The molecule has 2 aliphatic rings. The van der Waals surface area contributed by atoms with Crippen LogP contribution in [0.2, 0.25) is 0 Å². The zero-order valence-corrected chi connectivity index (χ0v) is 13.0. The molecule has 2 unspecified atom stereocenters. The maximum Gasteiger partial charge on any atom is 0.0579 e. The number of aliphatic hydroxyl groups is 1. The lowest BCUT2D eigenvalue weighted by atomic mass is 9.78. The first-order valence-electron chi connectivity index (χ1n) is 8.22. The van der Waals surface area contributed by atoms with Crippen LogP contribution < -0.4 is 0 Å². The van der Waals surface area contributed by atoms with Gasteiger partial charge in [0, 0.05) is 13.1 Å². The molecule has 0 spiro atoms. The molecule has 2 fully saturated rings. The highest BCUT2D eigenvalue weighted by Gasteiger charge is 2.41. The molecule has 2 aliphatic heterocycles. The highest BCUT2D eigenvalue weighted by molar-refractivity contribution is 5.21. The summed E-state index contributed by atoms with van der Waals surface area (Å²) < 4.78 is 5.33. The predicted octanol–water partition coefficient (Wildman–Crippen LogP) is 2.51. The number of likely N-dealkylation sites (tertiary alicyclic amines) is 1. The fraction of sp³-hybridized carbons (Fsp3) is 0.667. The molecule has 3 nitrogen and oxygen atoms in total. The molecule has 2 saturated heterocycles. The number of benzene rings is 1. The Morgan fingerprint density at radius 2 is 2.05 bits per heavy atom. The first-order chi connectivity index (χ1) is 10.3. The molecule has 0 bridgehead atoms. The molecular formula is C18H27NO2. The van der Waals surface area contributed by atoms with E-state index < -0.39 is 0 Å². The second-order valence-electron chi connectivity index (χ2n) is 6.86. The minimum Gasteiger partial charge on any atom is -0.396 e. The van der Waals surface area contributed by atoms with Crippen LogP contribution in [-0.2, 0) is 4.74 Å². The van der Waals surface area contributed by atoms with Gasteiger partial charge in [-0.05, 0) is 30.4 Å². The lowest BCUT2D eigenvalue weighted by molar-refractivity contribution is -0.151. The van der Waals surface area contributed by atoms with Crippen LogP contribution in [0.4, 0.5) is 0 Å². The summed E-state index contributed by atoms with van der Waals surface area (Å²) in [4.78, 5) is 2.55.